The summed E-state index contributed by atoms with van der Waals surface area (Å²) < 4.78 is 37.2. The first kappa shape index (κ1) is 15.6. The number of amides is 1. The standard InChI is InChI=1S/C17H15F3N2O/c1-22(2)15-13-6-4-3-5-11(13)12-8-7-10(9-14(12)15)21-16(23)17(18,19)20/h3-9,15H,1-2H3,(H,21,23). The number of benzene rings is 2. The summed E-state index contributed by atoms with van der Waals surface area (Å²) in [6.07, 6.45) is -4.90. The first-order valence-corrected chi connectivity index (χ1v) is 7.07. The second-order valence-electron chi connectivity index (χ2n) is 5.71. The molecule has 0 aliphatic heterocycles. The van der Waals surface area contributed by atoms with Crippen molar-refractivity contribution in [3.63, 3.8) is 0 Å². The summed E-state index contributed by atoms with van der Waals surface area (Å²) in [5.74, 6) is -1.96. The van der Waals surface area contributed by atoms with E-state index in [0.29, 0.717) is 0 Å². The Morgan fingerprint density at radius 3 is 2.35 bits per heavy atom. The molecule has 1 aliphatic rings. The van der Waals surface area contributed by atoms with Crippen LogP contribution in [-0.4, -0.2) is 31.1 Å². The third kappa shape index (κ3) is 2.70. The van der Waals surface area contributed by atoms with E-state index in [-0.39, 0.29) is 11.7 Å². The van der Waals surface area contributed by atoms with E-state index in [0.717, 1.165) is 22.3 Å². The zero-order valence-corrected chi connectivity index (χ0v) is 12.6. The van der Waals surface area contributed by atoms with E-state index in [1.165, 1.54) is 6.07 Å². The fraction of sp³-hybridized carbons (Fsp3) is 0.235. The monoisotopic (exact) mass is 320 g/mol. The highest BCUT2D eigenvalue weighted by molar-refractivity contribution is 5.95. The third-order valence-electron chi connectivity index (χ3n) is 3.92. The van der Waals surface area contributed by atoms with Crippen molar-refractivity contribution in [1.82, 2.24) is 4.90 Å². The molecule has 0 fully saturated rings. The van der Waals surface area contributed by atoms with Crippen molar-refractivity contribution in [3.8, 4) is 11.1 Å². The number of fused-ring (bicyclic) bond motifs is 3. The van der Waals surface area contributed by atoms with Gasteiger partial charge in [0.1, 0.15) is 0 Å². The van der Waals surface area contributed by atoms with Crippen LogP contribution in [0.15, 0.2) is 42.5 Å². The van der Waals surface area contributed by atoms with Crippen molar-refractivity contribution in [2.75, 3.05) is 19.4 Å². The van der Waals surface area contributed by atoms with Crippen LogP contribution in [-0.2, 0) is 4.79 Å². The molecule has 3 rings (SSSR count). The normalized spacial score (nSPS) is 16.2. The molecule has 1 aliphatic carbocycles. The van der Waals surface area contributed by atoms with Gasteiger partial charge in [-0.2, -0.15) is 13.2 Å². The lowest BCUT2D eigenvalue weighted by Gasteiger charge is -2.22. The number of carbonyl (C=O) groups is 1. The average Bonchev–Trinajstić information content (AvgIpc) is 2.79. The summed E-state index contributed by atoms with van der Waals surface area (Å²) >= 11 is 0. The second-order valence-corrected chi connectivity index (χ2v) is 5.71. The van der Waals surface area contributed by atoms with Crippen LogP contribution >= 0.6 is 0 Å². The minimum Gasteiger partial charge on any atom is -0.318 e. The van der Waals surface area contributed by atoms with Gasteiger partial charge in [-0.25, -0.2) is 0 Å². The van der Waals surface area contributed by atoms with Crippen LogP contribution in [0.1, 0.15) is 17.2 Å². The molecule has 0 saturated carbocycles. The number of nitrogens with zero attached hydrogens (tertiary/aromatic N) is 1. The van der Waals surface area contributed by atoms with Crippen LogP contribution in [0.2, 0.25) is 0 Å². The number of nitrogens with one attached hydrogen (secondary N) is 1. The summed E-state index contributed by atoms with van der Waals surface area (Å²) in [7, 11) is 3.83. The van der Waals surface area contributed by atoms with Crippen molar-refractivity contribution < 1.29 is 18.0 Å². The Bertz CT molecular complexity index is 769. The highest BCUT2D eigenvalue weighted by Crippen LogP contribution is 2.46. The average molecular weight is 320 g/mol. The third-order valence-corrected chi connectivity index (χ3v) is 3.92. The number of anilines is 1. The lowest BCUT2D eigenvalue weighted by Crippen LogP contribution is -2.30. The van der Waals surface area contributed by atoms with Crippen LogP contribution in [0.25, 0.3) is 11.1 Å². The topological polar surface area (TPSA) is 32.3 Å². The molecular formula is C17H15F3N2O. The Balaban J connectivity index is 2.02. The van der Waals surface area contributed by atoms with Crippen LogP contribution < -0.4 is 5.32 Å². The van der Waals surface area contributed by atoms with Gasteiger partial charge in [-0.3, -0.25) is 9.69 Å². The molecule has 1 amide bonds. The number of carbonyl (C=O) groups excluding carboxylic acids is 1. The van der Waals surface area contributed by atoms with Crippen molar-refractivity contribution >= 4 is 11.6 Å². The molecule has 0 radical (unpaired) electrons. The Morgan fingerprint density at radius 2 is 1.70 bits per heavy atom. The molecule has 1 N–H and O–H groups in total. The molecule has 0 bridgehead atoms. The summed E-state index contributed by atoms with van der Waals surface area (Å²) in [5.41, 5.74) is 4.17. The molecule has 0 saturated heterocycles. The van der Waals surface area contributed by atoms with E-state index in [9.17, 15) is 18.0 Å². The molecular weight excluding hydrogens is 305 g/mol. The maximum absolute atomic E-state index is 12.4. The lowest BCUT2D eigenvalue weighted by molar-refractivity contribution is -0.167. The number of halogens is 3. The van der Waals surface area contributed by atoms with E-state index in [2.05, 4.69) is 0 Å². The SMILES string of the molecule is CN(C)C1c2ccccc2-c2ccc(NC(=O)C(F)(F)F)cc21. The van der Waals surface area contributed by atoms with E-state index >= 15 is 0 Å². The highest BCUT2D eigenvalue weighted by Gasteiger charge is 2.39. The molecule has 1 atom stereocenters. The van der Waals surface area contributed by atoms with Gasteiger partial charge in [0.05, 0.1) is 6.04 Å². The van der Waals surface area contributed by atoms with Gasteiger partial charge < -0.3 is 5.32 Å². The minimum absolute atomic E-state index is 0.0519. The Labute approximate surface area is 131 Å². The molecule has 0 spiro atoms. The lowest BCUT2D eigenvalue weighted by atomic mass is 10.0. The van der Waals surface area contributed by atoms with Gasteiger partial charge in [0.15, 0.2) is 0 Å². The van der Waals surface area contributed by atoms with Crippen LogP contribution in [0.4, 0.5) is 18.9 Å². The predicted molar refractivity (Wildman–Crippen MR) is 82.1 cm³/mol. The number of hydrogen-bond donors (Lipinski definition) is 1. The zero-order valence-electron chi connectivity index (χ0n) is 12.6. The van der Waals surface area contributed by atoms with Gasteiger partial charge in [-0.1, -0.05) is 30.3 Å². The van der Waals surface area contributed by atoms with E-state index in [4.69, 9.17) is 0 Å². The Morgan fingerprint density at radius 1 is 1.04 bits per heavy atom. The van der Waals surface area contributed by atoms with E-state index in [1.54, 1.807) is 12.1 Å². The van der Waals surface area contributed by atoms with Gasteiger partial charge in [-0.05, 0) is 48.5 Å². The van der Waals surface area contributed by atoms with Gasteiger partial charge in [0, 0.05) is 5.69 Å². The summed E-state index contributed by atoms with van der Waals surface area (Å²) in [6.45, 7) is 0. The maximum Gasteiger partial charge on any atom is 0.471 e. The first-order valence-electron chi connectivity index (χ1n) is 7.07. The van der Waals surface area contributed by atoms with Crippen molar-refractivity contribution in [2.24, 2.45) is 0 Å². The number of hydrogen-bond acceptors (Lipinski definition) is 2. The molecule has 23 heavy (non-hydrogen) atoms. The molecule has 6 heteroatoms. The van der Waals surface area contributed by atoms with Gasteiger partial charge in [-0.15, -0.1) is 0 Å². The predicted octanol–water partition coefficient (Wildman–Crippen LogP) is 3.82. The molecule has 3 nitrogen and oxygen atoms in total. The second kappa shape index (κ2) is 5.38. The summed E-state index contributed by atoms with van der Waals surface area (Å²) in [6, 6.07) is 12.7. The van der Waals surface area contributed by atoms with E-state index < -0.39 is 12.1 Å². The molecule has 0 aromatic heterocycles. The van der Waals surface area contributed by atoms with Gasteiger partial charge in [0.2, 0.25) is 0 Å². The van der Waals surface area contributed by atoms with Crippen LogP contribution in [0, 0.1) is 0 Å². The van der Waals surface area contributed by atoms with Crippen molar-refractivity contribution in [3.05, 3.63) is 53.6 Å². The molecule has 2 aromatic carbocycles. The fourth-order valence-electron chi connectivity index (χ4n) is 3.02. The van der Waals surface area contributed by atoms with Crippen LogP contribution in [0.3, 0.4) is 0 Å². The smallest absolute Gasteiger partial charge is 0.318 e. The highest BCUT2D eigenvalue weighted by atomic mass is 19.4. The summed E-state index contributed by atoms with van der Waals surface area (Å²) in [5, 5.41) is 1.92. The number of alkyl halides is 3. The molecule has 0 heterocycles. The molecule has 2 aromatic rings. The zero-order chi connectivity index (χ0) is 16.8. The first-order chi connectivity index (χ1) is 10.8. The Hall–Kier alpha value is -2.34. The fourth-order valence-corrected chi connectivity index (χ4v) is 3.02. The molecule has 120 valence electrons. The largest absolute Gasteiger partial charge is 0.471 e. The van der Waals surface area contributed by atoms with Gasteiger partial charge >= 0.3 is 12.1 Å². The summed E-state index contributed by atoms with van der Waals surface area (Å²) in [4.78, 5) is 13.1. The number of rotatable bonds is 2. The van der Waals surface area contributed by atoms with Crippen molar-refractivity contribution in [2.45, 2.75) is 12.2 Å². The minimum atomic E-state index is -4.90. The quantitative estimate of drug-likeness (QED) is 0.912. The van der Waals surface area contributed by atoms with Crippen LogP contribution in [0.5, 0.6) is 0 Å². The van der Waals surface area contributed by atoms with Gasteiger partial charge in [0.25, 0.3) is 0 Å². The maximum atomic E-state index is 12.4. The molecule has 1 unspecified atom stereocenters. The van der Waals surface area contributed by atoms with Crippen molar-refractivity contribution in [1.29, 1.82) is 0 Å². The Kier molecular flexibility index (Phi) is 3.64. The van der Waals surface area contributed by atoms with E-state index in [1.807, 2.05) is 48.6 Å².